The second-order valence-electron chi connectivity index (χ2n) is 8.52. The average Bonchev–Trinajstić information content (AvgIpc) is 3.29. The Hall–Kier alpha value is -3.34. The molecule has 1 aliphatic rings. The number of benzene rings is 1. The average molecular weight is 537 g/mol. The van der Waals surface area contributed by atoms with Crippen molar-refractivity contribution in [1.82, 2.24) is 24.6 Å². The number of aromatic nitrogens is 5. The Morgan fingerprint density at radius 1 is 1.05 bits per heavy atom. The van der Waals surface area contributed by atoms with Crippen LogP contribution < -0.4 is 4.90 Å². The summed E-state index contributed by atoms with van der Waals surface area (Å²) in [6.45, 7) is 2.73. The fourth-order valence-electron chi connectivity index (χ4n) is 4.53. The van der Waals surface area contributed by atoms with Crippen LogP contribution in [0.1, 0.15) is 21.7 Å². The molecule has 9 nitrogen and oxygen atoms in total. The van der Waals surface area contributed by atoms with Gasteiger partial charge in [-0.15, -0.1) is 0 Å². The third kappa shape index (κ3) is 5.03. The Kier molecular flexibility index (Phi) is 7.73. The van der Waals surface area contributed by atoms with Crippen molar-refractivity contribution < 1.29 is 14.6 Å². The minimum absolute atomic E-state index is 0. The number of carbonyl (C=O) groups is 1. The van der Waals surface area contributed by atoms with E-state index in [-0.39, 0.29) is 35.1 Å². The van der Waals surface area contributed by atoms with E-state index in [0.717, 1.165) is 30.0 Å². The van der Waals surface area contributed by atoms with Crippen LogP contribution in [0.15, 0.2) is 60.9 Å². The number of imidazole rings is 1. The molecule has 0 radical (unpaired) electrons. The van der Waals surface area contributed by atoms with E-state index in [9.17, 15) is 9.90 Å². The van der Waals surface area contributed by atoms with Gasteiger partial charge in [-0.3, -0.25) is 4.98 Å². The number of aromatic carboxylic acids is 1. The van der Waals surface area contributed by atoms with Crippen molar-refractivity contribution in [3.63, 3.8) is 0 Å². The molecular formula is C27H22ClN6NaO3. The summed E-state index contributed by atoms with van der Waals surface area (Å²) < 4.78 is 7.28. The van der Waals surface area contributed by atoms with Gasteiger partial charge in [-0.05, 0) is 48.6 Å². The van der Waals surface area contributed by atoms with Gasteiger partial charge in [0.25, 0.3) is 0 Å². The topological polar surface area (TPSA) is 106 Å². The van der Waals surface area contributed by atoms with E-state index in [1.807, 2.05) is 30.4 Å². The van der Waals surface area contributed by atoms with Crippen molar-refractivity contribution in [3.05, 3.63) is 83.0 Å². The van der Waals surface area contributed by atoms with E-state index >= 15 is 0 Å². The van der Waals surface area contributed by atoms with Crippen LogP contribution in [0.3, 0.4) is 0 Å². The van der Waals surface area contributed by atoms with Crippen molar-refractivity contribution in [1.29, 1.82) is 0 Å². The molecule has 0 aliphatic carbocycles. The molecule has 0 atom stereocenters. The minimum atomic E-state index is -0.983. The third-order valence-electron chi connectivity index (χ3n) is 6.24. The summed E-state index contributed by atoms with van der Waals surface area (Å²) in [6, 6.07) is 14.3. The monoisotopic (exact) mass is 536 g/mol. The number of halogens is 1. The predicted molar refractivity (Wildman–Crippen MR) is 149 cm³/mol. The zero-order valence-electron chi connectivity index (χ0n) is 19.6. The van der Waals surface area contributed by atoms with E-state index in [1.54, 1.807) is 47.2 Å². The molecule has 1 fully saturated rings. The number of carboxylic acid groups (broad SMARTS) is 1. The van der Waals surface area contributed by atoms with Crippen LogP contribution in [0.4, 0.5) is 5.69 Å². The van der Waals surface area contributed by atoms with Crippen LogP contribution in [0.25, 0.3) is 40.0 Å². The Labute approximate surface area is 245 Å². The number of carboxylic acids is 1. The van der Waals surface area contributed by atoms with Gasteiger partial charge in [0.15, 0.2) is 10.8 Å². The Balaban J connectivity index is 0.00000294. The Bertz CT molecular complexity index is 1670. The molecule has 0 spiro atoms. The molecule has 5 aromatic rings. The summed E-state index contributed by atoms with van der Waals surface area (Å²) in [5, 5.41) is 15.0. The van der Waals surface area contributed by atoms with Gasteiger partial charge in [0.05, 0.1) is 41.4 Å². The molecule has 11 heteroatoms. The number of ether oxygens (including phenoxy) is 1. The van der Waals surface area contributed by atoms with Crippen LogP contribution in [-0.2, 0) is 4.74 Å². The van der Waals surface area contributed by atoms with Crippen molar-refractivity contribution >= 4 is 81.5 Å². The standard InChI is InChI=1S/C27H21ClN6O3.Na.H/c28-24-15-23(33-11-13-37-14-12-33)26-31-22(25(34(26)32-24)17-3-2-10-29-16-17)9-7-18-6-8-19-20(27(35)36)4-1-5-21(19)30-18;;/h1-10,15-16H,11-14H2,(H,35,36);;. The number of anilines is 1. The van der Waals surface area contributed by atoms with Crippen LogP contribution in [0.5, 0.6) is 0 Å². The summed E-state index contributed by atoms with van der Waals surface area (Å²) in [7, 11) is 0. The first-order chi connectivity index (χ1) is 18.1. The SMILES string of the molecule is O=C(O)c1cccc2nc(C=Cc3nc4c(N5CCOCC5)cc(Cl)nn4c3-c3cccnc3)ccc12.[NaH]. The van der Waals surface area contributed by atoms with E-state index in [1.165, 1.54) is 0 Å². The zero-order chi connectivity index (χ0) is 25.4. The van der Waals surface area contributed by atoms with Crippen molar-refractivity contribution in [2.24, 2.45) is 0 Å². The quantitative estimate of drug-likeness (QED) is 0.335. The summed E-state index contributed by atoms with van der Waals surface area (Å²) >= 11 is 6.47. The normalized spacial score (nSPS) is 13.8. The van der Waals surface area contributed by atoms with Crippen molar-refractivity contribution in [2.75, 3.05) is 31.2 Å². The van der Waals surface area contributed by atoms with Crippen molar-refractivity contribution in [2.45, 2.75) is 0 Å². The predicted octanol–water partition coefficient (Wildman–Crippen LogP) is 4.05. The molecule has 4 aromatic heterocycles. The summed E-state index contributed by atoms with van der Waals surface area (Å²) in [5.41, 5.74) is 5.34. The molecule has 1 aromatic carbocycles. The first-order valence-corrected chi connectivity index (χ1v) is 12.1. The van der Waals surface area contributed by atoms with Crippen LogP contribution in [0, 0.1) is 0 Å². The number of morpholine rings is 1. The fourth-order valence-corrected chi connectivity index (χ4v) is 4.71. The summed E-state index contributed by atoms with van der Waals surface area (Å²) in [6.07, 6.45) is 7.21. The summed E-state index contributed by atoms with van der Waals surface area (Å²) in [4.78, 5) is 27.6. The molecule has 1 aliphatic heterocycles. The second-order valence-corrected chi connectivity index (χ2v) is 8.91. The molecular weight excluding hydrogens is 515 g/mol. The molecule has 38 heavy (non-hydrogen) atoms. The van der Waals surface area contributed by atoms with Gasteiger partial charge < -0.3 is 14.7 Å². The first-order valence-electron chi connectivity index (χ1n) is 11.7. The number of pyridine rings is 2. The molecule has 0 bridgehead atoms. The van der Waals surface area contributed by atoms with Gasteiger partial charge in [-0.2, -0.15) is 5.10 Å². The molecule has 0 unspecified atom stereocenters. The van der Waals surface area contributed by atoms with Gasteiger partial charge >= 0.3 is 35.5 Å². The van der Waals surface area contributed by atoms with E-state index in [2.05, 4.69) is 20.0 Å². The first kappa shape index (κ1) is 26.3. The number of hydrogen-bond donors (Lipinski definition) is 1. The molecule has 186 valence electrons. The number of fused-ring (bicyclic) bond motifs is 2. The Morgan fingerprint density at radius 3 is 2.66 bits per heavy atom. The van der Waals surface area contributed by atoms with Gasteiger partial charge in [0.1, 0.15) is 5.69 Å². The molecule has 0 amide bonds. The van der Waals surface area contributed by atoms with Gasteiger partial charge in [-0.25, -0.2) is 19.3 Å². The van der Waals surface area contributed by atoms with Crippen LogP contribution in [0.2, 0.25) is 5.15 Å². The van der Waals surface area contributed by atoms with Crippen LogP contribution >= 0.6 is 11.6 Å². The summed E-state index contributed by atoms with van der Waals surface area (Å²) in [5.74, 6) is -0.983. The number of hydrogen-bond acceptors (Lipinski definition) is 7. The molecule has 5 heterocycles. The zero-order valence-corrected chi connectivity index (χ0v) is 20.3. The second kappa shape index (κ2) is 11.2. The van der Waals surface area contributed by atoms with Gasteiger partial charge in [-0.1, -0.05) is 17.7 Å². The van der Waals surface area contributed by atoms with E-state index in [4.69, 9.17) is 21.3 Å². The van der Waals surface area contributed by atoms with Gasteiger partial charge in [0, 0.05) is 42.5 Å². The third-order valence-corrected chi connectivity index (χ3v) is 6.43. The molecule has 1 saturated heterocycles. The molecule has 6 rings (SSSR count). The Morgan fingerprint density at radius 2 is 1.89 bits per heavy atom. The van der Waals surface area contributed by atoms with E-state index in [0.29, 0.717) is 46.3 Å². The number of nitrogens with zero attached hydrogens (tertiary/aromatic N) is 6. The molecule has 1 N–H and O–H groups in total. The molecule has 0 saturated carbocycles. The fraction of sp³-hybridized carbons (Fsp3) is 0.148. The number of rotatable bonds is 5. The van der Waals surface area contributed by atoms with Gasteiger partial charge in [0.2, 0.25) is 0 Å². The van der Waals surface area contributed by atoms with E-state index < -0.39 is 5.97 Å². The maximum absolute atomic E-state index is 11.6. The van der Waals surface area contributed by atoms with Crippen LogP contribution in [-0.4, -0.2) is 91.5 Å². The van der Waals surface area contributed by atoms with Crippen molar-refractivity contribution in [3.8, 4) is 11.3 Å². The maximum atomic E-state index is 11.6.